The molecule has 0 amide bonds. The summed E-state index contributed by atoms with van der Waals surface area (Å²) in [5.41, 5.74) is 6.96. The van der Waals surface area contributed by atoms with E-state index in [1.54, 1.807) is 24.3 Å². The molecule has 0 aliphatic carbocycles. The van der Waals surface area contributed by atoms with Gasteiger partial charge in [-0.05, 0) is 31.4 Å². The maximum Gasteiger partial charge on any atom is 0.237 e. The topological polar surface area (TPSA) is 72.6 Å². The van der Waals surface area contributed by atoms with Crippen LogP contribution in [-0.4, -0.2) is 33.4 Å². The smallest absolute Gasteiger partial charge is 0.237 e. The second kappa shape index (κ2) is 6.45. The zero-order valence-electron chi connectivity index (χ0n) is 11.8. The molecule has 2 rings (SSSR count). The molecule has 20 heavy (non-hydrogen) atoms. The molecule has 0 radical (unpaired) electrons. The Bertz CT molecular complexity index is 539. The number of para-hydroxylation sites is 2. The van der Waals surface area contributed by atoms with E-state index in [1.807, 2.05) is 6.92 Å². The third kappa shape index (κ3) is 3.43. The Kier molecular flexibility index (Phi) is 4.88. The maximum atomic E-state index is 12.6. The van der Waals surface area contributed by atoms with Crippen LogP contribution >= 0.6 is 0 Å². The third-order valence-corrected chi connectivity index (χ3v) is 5.23. The van der Waals surface area contributed by atoms with Gasteiger partial charge < -0.3 is 10.5 Å². The van der Waals surface area contributed by atoms with E-state index in [4.69, 9.17) is 10.5 Å². The van der Waals surface area contributed by atoms with Crippen molar-refractivity contribution in [3.63, 3.8) is 0 Å². The minimum Gasteiger partial charge on any atom is -0.397 e. The molecule has 5 nitrogen and oxygen atoms in total. The molecule has 1 unspecified atom stereocenters. The van der Waals surface area contributed by atoms with Crippen molar-refractivity contribution in [3.8, 4) is 0 Å². The maximum absolute atomic E-state index is 12.6. The lowest BCUT2D eigenvalue weighted by atomic mass is 10.2. The van der Waals surface area contributed by atoms with Crippen molar-refractivity contribution >= 4 is 21.4 Å². The van der Waals surface area contributed by atoms with Crippen molar-refractivity contribution in [2.24, 2.45) is 0 Å². The van der Waals surface area contributed by atoms with Crippen molar-refractivity contribution in [2.45, 2.75) is 32.3 Å². The second-order valence-corrected chi connectivity index (χ2v) is 6.98. The Morgan fingerprint density at radius 1 is 1.40 bits per heavy atom. The summed E-state index contributed by atoms with van der Waals surface area (Å²) in [5.74, 6) is 0.0291. The molecule has 1 saturated heterocycles. The molecule has 0 bridgehead atoms. The summed E-state index contributed by atoms with van der Waals surface area (Å²) in [7, 11) is -3.42. The van der Waals surface area contributed by atoms with Crippen LogP contribution in [0, 0.1) is 0 Å². The summed E-state index contributed by atoms with van der Waals surface area (Å²) in [6, 6.07) is 7.07. The second-order valence-electron chi connectivity index (χ2n) is 5.04. The van der Waals surface area contributed by atoms with Crippen molar-refractivity contribution in [1.29, 1.82) is 0 Å². The van der Waals surface area contributed by atoms with Gasteiger partial charge in [-0.25, -0.2) is 8.42 Å². The van der Waals surface area contributed by atoms with Crippen molar-refractivity contribution < 1.29 is 13.2 Å². The molecule has 6 heteroatoms. The number of rotatable bonds is 6. The van der Waals surface area contributed by atoms with Gasteiger partial charge in [-0.3, -0.25) is 4.31 Å². The zero-order chi connectivity index (χ0) is 14.6. The third-order valence-electron chi connectivity index (χ3n) is 3.39. The first kappa shape index (κ1) is 15.1. The number of nitrogens with zero attached hydrogens (tertiary/aromatic N) is 1. The Hall–Kier alpha value is -1.27. The highest BCUT2D eigenvalue weighted by atomic mass is 32.2. The zero-order valence-corrected chi connectivity index (χ0v) is 12.6. The number of nitrogen functional groups attached to an aromatic ring is 1. The fraction of sp³-hybridized carbons (Fsp3) is 0.571. The molecule has 1 aliphatic rings. The number of sulfonamides is 1. The van der Waals surface area contributed by atoms with E-state index >= 15 is 0 Å². The summed E-state index contributed by atoms with van der Waals surface area (Å²) in [6.07, 6.45) is 2.29. The Morgan fingerprint density at radius 3 is 2.75 bits per heavy atom. The fourth-order valence-corrected chi connectivity index (χ4v) is 4.27. The van der Waals surface area contributed by atoms with Crippen LogP contribution in [0.2, 0.25) is 0 Å². The van der Waals surface area contributed by atoms with E-state index in [-0.39, 0.29) is 11.9 Å². The summed E-state index contributed by atoms with van der Waals surface area (Å²) in [6.45, 7) is 3.04. The Balaban J connectivity index is 2.25. The number of ether oxygens (including phenoxy) is 1. The fourth-order valence-electron chi connectivity index (χ4n) is 2.43. The average molecular weight is 298 g/mol. The summed E-state index contributed by atoms with van der Waals surface area (Å²) in [4.78, 5) is 0. The highest BCUT2D eigenvalue weighted by molar-refractivity contribution is 7.92. The monoisotopic (exact) mass is 298 g/mol. The first-order chi connectivity index (χ1) is 9.54. The number of benzene rings is 1. The van der Waals surface area contributed by atoms with Crippen LogP contribution in [0.25, 0.3) is 0 Å². The van der Waals surface area contributed by atoms with Crippen LogP contribution in [0.1, 0.15) is 26.2 Å². The van der Waals surface area contributed by atoms with Crippen LogP contribution in [0.3, 0.4) is 0 Å². The van der Waals surface area contributed by atoms with E-state index in [9.17, 15) is 8.42 Å². The van der Waals surface area contributed by atoms with E-state index in [2.05, 4.69) is 0 Å². The molecular formula is C14H22N2O3S. The molecule has 1 heterocycles. The molecule has 1 fully saturated rings. The standard InChI is InChI=1S/C14H22N2O3S/c1-2-9-16(14-8-4-3-7-13(14)15)20(17,18)11-12-6-5-10-19-12/h3-4,7-8,12H,2,5-6,9-11,15H2,1H3. The molecule has 1 atom stereocenters. The molecule has 2 N–H and O–H groups in total. The first-order valence-electron chi connectivity index (χ1n) is 7.01. The minimum absolute atomic E-state index is 0.0291. The van der Waals surface area contributed by atoms with Gasteiger partial charge in [0.15, 0.2) is 0 Å². The van der Waals surface area contributed by atoms with Gasteiger partial charge in [0.1, 0.15) is 0 Å². The quantitative estimate of drug-likeness (QED) is 0.815. The van der Waals surface area contributed by atoms with Gasteiger partial charge in [0.2, 0.25) is 10.0 Å². The van der Waals surface area contributed by atoms with Crippen LogP contribution in [-0.2, 0) is 14.8 Å². The summed E-state index contributed by atoms with van der Waals surface area (Å²) >= 11 is 0. The van der Waals surface area contributed by atoms with Gasteiger partial charge in [0.05, 0.1) is 23.2 Å². The highest BCUT2D eigenvalue weighted by Gasteiger charge is 2.29. The number of hydrogen-bond acceptors (Lipinski definition) is 4. The van der Waals surface area contributed by atoms with Crippen molar-refractivity contribution in [2.75, 3.05) is 28.9 Å². The van der Waals surface area contributed by atoms with Gasteiger partial charge >= 0.3 is 0 Å². The van der Waals surface area contributed by atoms with Crippen LogP contribution in [0.15, 0.2) is 24.3 Å². The van der Waals surface area contributed by atoms with E-state index in [0.717, 1.165) is 19.3 Å². The predicted molar refractivity (Wildman–Crippen MR) is 81.3 cm³/mol. The molecule has 0 saturated carbocycles. The van der Waals surface area contributed by atoms with Gasteiger partial charge in [-0.1, -0.05) is 19.1 Å². The largest absolute Gasteiger partial charge is 0.397 e. The van der Waals surface area contributed by atoms with Crippen molar-refractivity contribution in [3.05, 3.63) is 24.3 Å². The Labute approximate surface area is 120 Å². The first-order valence-corrected chi connectivity index (χ1v) is 8.62. The number of anilines is 2. The lowest BCUT2D eigenvalue weighted by Crippen LogP contribution is -2.37. The highest BCUT2D eigenvalue weighted by Crippen LogP contribution is 2.27. The molecule has 1 aromatic carbocycles. The summed E-state index contributed by atoms with van der Waals surface area (Å²) in [5, 5.41) is 0. The van der Waals surface area contributed by atoms with Gasteiger partial charge in [0, 0.05) is 13.2 Å². The molecule has 1 aliphatic heterocycles. The lowest BCUT2D eigenvalue weighted by Gasteiger charge is -2.26. The minimum atomic E-state index is -3.42. The molecule has 0 aromatic heterocycles. The van der Waals surface area contributed by atoms with Gasteiger partial charge in [-0.2, -0.15) is 0 Å². The predicted octanol–water partition coefficient (Wildman–Crippen LogP) is 1.99. The average Bonchev–Trinajstić information content (AvgIpc) is 2.89. The van der Waals surface area contributed by atoms with Crippen LogP contribution < -0.4 is 10.0 Å². The molecule has 112 valence electrons. The lowest BCUT2D eigenvalue weighted by molar-refractivity contribution is 0.127. The van der Waals surface area contributed by atoms with Gasteiger partial charge in [0.25, 0.3) is 0 Å². The van der Waals surface area contributed by atoms with Crippen molar-refractivity contribution in [1.82, 2.24) is 0 Å². The number of nitrogens with two attached hydrogens (primary N) is 1. The summed E-state index contributed by atoms with van der Waals surface area (Å²) < 4.78 is 32.1. The number of hydrogen-bond donors (Lipinski definition) is 1. The SMILES string of the molecule is CCCN(c1ccccc1N)S(=O)(=O)CC1CCCO1. The van der Waals surface area contributed by atoms with E-state index in [1.165, 1.54) is 4.31 Å². The van der Waals surface area contributed by atoms with Crippen LogP contribution in [0.4, 0.5) is 11.4 Å². The van der Waals surface area contributed by atoms with Crippen LogP contribution in [0.5, 0.6) is 0 Å². The molecule has 1 aromatic rings. The van der Waals surface area contributed by atoms with Gasteiger partial charge in [-0.15, -0.1) is 0 Å². The molecular weight excluding hydrogens is 276 g/mol. The normalized spacial score (nSPS) is 19.1. The molecule has 0 spiro atoms. The van der Waals surface area contributed by atoms with E-state index < -0.39 is 10.0 Å². The van der Waals surface area contributed by atoms with E-state index in [0.29, 0.717) is 24.5 Å². The Morgan fingerprint density at radius 2 is 2.15 bits per heavy atom.